The molecule has 27 heavy (non-hydrogen) atoms. The number of para-hydroxylation sites is 1. The van der Waals surface area contributed by atoms with Crippen LogP contribution in [0.3, 0.4) is 0 Å². The maximum atomic E-state index is 5.91. The molecule has 2 aromatic carbocycles. The minimum absolute atomic E-state index is 0. The second kappa shape index (κ2) is 11.8. The fourth-order valence-electron chi connectivity index (χ4n) is 3.44. The molecule has 1 aliphatic carbocycles. The number of ether oxygens (including phenoxy) is 1. The molecule has 2 atom stereocenters. The van der Waals surface area contributed by atoms with Gasteiger partial charge in [-0.05, 0) is 35.7 Å². The summed E-state index contributed by atoms with van der Waals surface area (Å²) in [6, 6.07) is 18.2. The van der Waals surface area contributed by atoms with Crippen LogP contribution in [-0.4, -0.2) is 0 Å². The number of allylic oxidation sites excluding steroid dienone is 1. The molecule has 0 aliphatic heterocycles. The van der Waals surface area contributed by atoms with E-state index in [1.807, 2.05) is 48.5 Å². The van der Waals surface area contributed by atoms with Crippen LogP contribution in [0.4, 0.5) is 0 Å². The zero-order valence-electron chi connectivity index (χ0n) is 15.7. The quantitative estimate of drug-likeness (QED) is 0.331. The van der Waals surface area contributed by atoms with Gasteiger partial charge in [-0.3, -0.25) is 0 Å². The molecular formula is C22H23Cl2OY2-. The molecular weight excluding hydrogens is 529 g/mol. The Morgan fingerprint density at radius 2 is 1.70 bits per heavy atom. The minimum atomic E-state index is 0. The summed E-state index contributed by atoms with van der Waals surface area (Å²) < 4.78 is 6.28. The number of hydrogen-bond acceptors (Lipinski definition) is 1. The van der Waals surface area contributed by atoms with Crippen LogP contribution in [0.2, 0.25) is 0 Å². The maximum Gasteiger partial charge on any atom is 0.127 e. The Bertz CT molecular complexity index is 743. The van der Waals surface area contributed by atoms with Crippen molar-refractivity contribution in [2.24, 2.45) is 17.3 Å². The van der Waals surface area contributed by atoms with Crippen molar-refractivity contribution in [2.75, 3.05) is 0 Å². The summed E-state index contributed by atoms with van der Waals surface area (Å²) in [6.45, 7) is 4.53. The Labute approximate surface area is 223 Å². The van der Waals surface area contributed by atoms with Gasteiger partial charge in [-0.25, -0.2) is 0 Å². The Morgan fingerprint density at radius 3 is 2.37 bits per heavy atom. The van der Waals surface area contributed by atoms with E-state index < -0.39 is 0 Å². The van der Waals surface area contributed by atoms with E-state index in [1.165, 1.54) is 5.56 Å². The van der Waals surface area contributed by atoms with Gasteiger partial charge in [0.25, 0.3) is 0 Å². The van der Waals surface area contributed by atoms with E-state index in [-0.39, 0.29) is 70.8 Å². The van der Waals surface area contributed by atoms with Gasteiger partial charge in [-0.15, -0.1) is 0 Å². The van der Waals surface area contributed by atoms with Crippen LogP contribution in [0.5, 0.6) is 11.5 Å². The third-order valence-corrected chi connectivity index (χ3v) is 5.28. The minimum Gasteiger partial charge on any atom is -0.457 e. The Hall–Kier alpha value is 0.768. The van der Waals surface area contributed by atoms with Crippen molar-refractivity contribution in [1.29, 1.82) is 0 Å². The molecule has 2 aromatic rings. The van der Waals surface area contributed by atoms with E-state index in [1.54, 1.807) is 0 Å². The summed E-state index contributed by atoms with van der Waals surface area (Å²) in [7, 11) is 0. The summed E-state index contributed by atoms with van der Waals surface area (Å²) in [5.74, 6) is 2.73. The SMILES string of the molecule is CC1(C)C(C=C(Cl)Cl)C1[CH-]CCc1cccc(Oc2ccccc2)c1.[Y].[Y]. The van der Waals surface area contributed by atoms with Gasteiger partial charge in [0, 0.05) is 65.4 Å². The van der Waals surface area contributed by atoms with E-state index in [0.29, 0.717) is 16.3 Å². The van der Waals surface area contributed by atoms with Crippen molar-refractivity contribution < 1.29 is 70.2 Å². The van der Waals surface area contributed by atoms with E-state index in [2.05, 4.69) is 32.4 Å². The van der Waals surface area contributed by atoms with Crippen LogP contribution in [-0.2, 0) is 71.8 Å². The first-order valence-corrected chi connectivity index (χ1v) is 9.40. The second-order valence-electron chi connectivity index (χ2n) is 7.17. The fraction of sp³-hybridized carbons (Fsp3) is 0.318. The van der Waals surface area contributed by atoms with Gasteiger partial charge in [-0.2, -0.15) is 12.3 Å². The van der Waals surface area contributed by atoms with Crippen LogP contribution in [0.1, 0.15) is 25.8 Å². The first-order valence-electron chi connectivity index (χ1n) is 8.65. The first kappa shape index (κ1) is 25.8. The average molecular weight is 552 g/mol. The molecule has 5 heteroatoms. The summed E-state index contributed by atoms with van der Waals surface area (Å²) in [5, 5.41) is 0. The van der Waals surface area contributed by atoms with Gasteiger partial charge >= 0.3 is 0 Å². The summed E-state index contributed by atoms with van der Waals surface area (Å²) in [4.78, 5) is 0. The molecule has 1 aliphatic rings. The van der Waals surface area contributed by atoms with Gasteiger partial charge < -0.3 is 11.2 Å². The number of aryl methyl sites for hydroxylation is 1. The maximum absolute atomic E-state index is 5.91. The van der Waals surface area contributed by atoms with Crippen LogP contribution < -0.4 is 4.74 Å². The van der Waals surface area contributed by atoms with E-state index in [4.69, 9.17) is 27.9 Å². The van der Waals surface area contributed by atoms with Crippen LogP contribution in [0, 0.1) is 23.7 Å². The van der Waals surface area contributed by atoms with Gasteiger partial charge in [-0.1, -0.05) is 85.3 Å². The predicted octanol–water partition coefficient (Wildman–Crippen LogP) is 7.20. The van der Waals surface area contributed by atoms with Gasteiger partial charge in [0.1, 0.15) is 16.0 Å². The molecule has 1 nitrogen and oxygen atoms in total. The fourth-order valence-corrected chi connectivity index (χ4v) is 3.71. The smallest absolute Gasteiger partial charge is 0.127 e. The van der Waals surface area contributed by atoms with E-state index in [9.17, 15) is 0 Å². The third-order valence-electron chi connectivity index (χ3n) is 5.03. The van der Waals surface area contributed by atoms with Crippen LogP contribution >= 0.6 is 23.2 Å². The van der Waals surface area contributed by atoms with Crippen LogP contribution in [0.15, 0.2) is 65.2 Å². The Kier molecular flexibility index (Phi) is 11.3. The molecule has 3 rings (SSSR count). The first-order chi connectivity index (χ1) is 12.0. The molecule has 1 fully saturated rings. The van der Waals surface area contributed by atoms with Crippen LogP contribution in [0.25, 0.3) is 0 Å². The van der Waals surface area contributed by atoms with Crippen molar-refractivity contribution in [3.8, 4) is 11.5 Å². The zero-order chi connectivity index (χ0) is 17.9. The summed E-state index contributed by atoms with van der Waals surface area (Å²) in [6.07, 6.45) is 6.41. The molecule has 0 N–H and O–H groups in total. The van der Waals surface area contributed by atoms with Crippen molar-refractivity contribution in [2.45, 2.75) is 26.7 Å². The summed E-state index contributed by atoms with van der Waals surface area (Å²) >= 11 is 11.6. The van der Waals surface area contributed by atoms with Gasteiger partial charge in [0.15, 0.2) is 0 Å². The normalized spacial score (nSPS) is 19.3. The van der Waals surface area contributed by atoms with Crippen molar-refractivity contribution in [1.82, 2.24) is 0 Å². The molecule has 0 aromatic heterocycles. The topological polar surface area (TPSA) is 9.23 Å². The average Bonchev–Trinajstić information content (AvgIpc) is 3.08. The van der Waals surface area contributed by atoms with Gasteiger partial charge in [0.05, 0.1) is 0 Å². The molecule has 2 unspecified atom stereocenters. The molecule has 0 saturated heterocycles. The molecule has 1 saturated carbocycles. The molecule has 2 radical (unpaired) electrons. The van der Waals surface area contributed by atoms with E-state index in [0.717, 1.165) is 24.3 Å². The molecule has 0 heterocycles. The molecule has 138 valence electrons. The van der Waals surface area contributed by atoms with Crippen molar-refractivity contribution in [3.05, 3.63) is 77.1 Å². The summed E-state index contributed by atoms with van der Waals surface area (Å²) in [5.41, 5.74) is 1.54. The largest absolute Gasteiger partial charge is 0.457 e. The monoisotopic (exact) mass is 551 g/mol. The molecule has 0 amide bonds. The van der Waals surface area contributed by atoms with E-state index >= 15 is 0 Å². The molecule has 0 bridgehead atoms. The number of rotatable bonds is 7. The van der Waals surface area contributed by atoms with Crippen molar-refractivity contribution in [3.63, 3.8) is 0 Å². The zero-order valence-corrected chi connectivity index (χ0v) is 22.9. The number of halogens is 2. The Balaban J connectivity index is 0.00000182. The van der Waals surface area contributed by atoms with Crippen molar-refractivity contribution >= 4 is 23.2 Å². The Morgan fingerprint density at radius 1 is 1.04 bits per heavy atom. The molecule has 0 spiro atoms. The standard InChI is InChI=1S/C22H23Cl2O.2Y/c1-22(2)19(20(22)15-21(23)24)13-7-9-16-8-6-12-18(14-16)25-17-10-4-3-5-11-17;;/h3-6,8,10-15,19-20H,7,9H2,1-2H3;;/q-1;;. The second-order valence-corrected chi connectivity index (χ2v) is 8.17. The predicted molar refractivity (Wildman–Crippen MR) is 106 cm³/mol. The number of hydrogen-bond donors (Lipinski definition) is 0. The third kappa shape index (κ3) is 7.51. The van der Waals surface area contributed by atoms with Gasteiger partial charge in [0.2, 0.25) is 0 Å². The number of benzene rings is 2.